The number of benzene rings is 1. The van der Waals surface area contributed by atoms with Gasteiger partial charge in [-0.2, -0.15) is 0 Å². The van der Waals surface area contributed by atoms with Crippen molar-refractivity contribution in [2.75, 3.05) is 31.1 Å². The van der Waals surface area contributed by atoms with Crippen LogP contribution in [0, 0.1) is 6.92 Å². The zero-order valence-electron chi connectivity index (χ0n) is 16.8. The summed E-state index contributed by atoms with van der Waals surface area (Å²) in [5.74, 6) is -1.40. The number of halogens is 3. The van der Waals surface area contributed by atoms with E-state index in [-0.39, 0.29) is 94.4 Å². The number of amides is 1. The Morgan fingerprint density at radius 3 is 2.07 bits per heavy atom. The average molecular weight is 426 g/mol. The van der Waals surface area contributed by atoms with Gasteiger partial charge in [0.25, 0.3) is 0 Å². The van der Waals surface area contributed by atoms with E-state index in [2.05, 4.69) is 0 Å². The molecule has 1 aromatic rings. The van der Waals surface area contributed by atoms with Crippen molar-refractivity contribution >= 4 is 30.2 Å². The van der Waals surface area contributed by atoms with Crippen LogP contribution < -0.4 is 61.7 Å². The monoisotopic (exact) mass is 426 g/mol. The van der Waals surface area contributed by atoms with Crippen LogP contribution in [0.2, 0.25) is 0 Å². The molecule has 28 heavy (non-hydrogen) atoms. The van der Waals surface area contributed by atoms with Crippen molar-refractivity contribution in [3.8, 4) is 0 Å². The van der Waals surface area contributed by atoms with E-state index < -0.39 is 30.1 Å². The quantitative estimate of drug-likeness (QED) is 0.679. The van der Waals surface area contributed by atoms with Crippen LogP contribution in [0.25, 0.3) is 0 Å². The van der Waals surface area contributed by atoms with Gasteiger partial charge in [-0.15, -0.1) is 5.46 Å². The first-order valence-corrected chi connectivity index (χ1v) is 8.60. The Kier molecular flexibility index (Phi) is 8.47. The minimum Gasteiger partial charge on any atom is -0.478 e. The number of carboxylic acids is 1. The number of carbonyl (C=O) groups excluding carboxylic acids is 1. The number of carbonyl (C=O) groups is 2. The molecule has 1 aromatic carbocycles. The second-order valence-corrected chi connectivity index (χ2v) is 7.55. The first-order valence-electron chi connectivity index (χ1n) is 8.60. The summed E-state index contributed by atoms with van der Waals surface area (Å²) in [5, 5.41) is 9.25. The summed E-state index contributed by atoms with van der Waals surface area (Å²) < 4.78 is 45.0. The van der Waals surface area contributed by atoms with Crippen molar-refractivity contribution < 1.29 is 83.8 Å². The van der Waals surface area contributed by atoms with Gasteiger partial charge in [0.05, 0.1) is 5.56 Å². The van der Waals surface area contributed by atoms with Gasteiger partial charge in [-0.25, -0.2) is 9.59 Å². The van der Waals surface area contributed by atoms with E-state index >= 15 is 0 Å². The molecule has 0 spiro atoms. The van der Waals surface area contributed by atoms with Gasteiger partial charge in [-0.05, 0) is 33.3 Å². The summed E-state index contributed by atoms with van der Waals surface area (Å²) in [4.78, 5) is 26.6. The molecule has 0 unspecified atom stereocenters. The first kappa shape index (κ1) is 25.3. The summed E-state index contributed by atoms with van der Waals surface area (Å²) in [6.45, 7) is 2.54. The van der Waals surface area contributed by atoms with E-state index in [4.69, 9.17) is 4.74 Å². The van der Waals surface area contributed by atoms with E-state index in [0.717, 1.165) is 6.07 Å². The molecule has 1 heterocycles. The van der Waals surface area contributed by atoms with Crippen molar-refractivity contribution in [2.24, 2.45) is 0 Å². The maximum atomic E-state index is 13.2. The minimum atomic E-state index is -5.33. The maximum absolute atomic E-state index is 13.2. The third-order valence-electron chi connectivity index (χ3n) is 4.28. The van der Waals surface area contributed by atoms with Gasteiger partial charge < -0.3 is 32.6 Å². The zero-order valence-corrected chi connectivity index (χ0v) is 19.9. The third-order valence-corrected chi connectivity index (χ3v) is 4.28. The van der Waals surface area contributed by atoms with Crippen LogP contribution in [0.1, 0.15) is 36.7 Å². The molecule has 1 aliphatic heterocycles. The van der Waals surface area contributed by atoms with Crippen LogP contribution in [0.15, 0.2) is 12.1 Å². The van der Waals surface area contributed by atoms with Crippen LogP contribution in [0.5, 0.6) is 0 Å². The minimum absolute atomic E-state index is 0. The molecule has 0 saturated carbocycles. The van der Waals surface area contributed by atoms with Crippen molar-refractivity contribution in [3.05, 3.63) is 23.3 Å². The molecular formula is C17H23BF3KN2O4. The number of hydrogen-bond donors (Lipinski definition) is 1. The van der Waals surface area contributed by atoms with E-state index in [9.17, 15) is 27.6 Å². The molecule has 0 atom stereocenters. The molecule has 6 nitrogen and oxygen atoms in total. The summed E-state index contributed by atoms with van der Waals surface area (Å²) in [6, 6.07) is 1.67. The fraction of sp³-hybridized carbons (Fsp3) is 0.529. The van der Waals surface area contributed by atoms with E-state index in [1.165, 1.54) is 11.8 Å². The van der Waals surface area contributed by atoms with Crippen molar-refractivity contribution in [1.29, 1.82) is 0 Å². The Balaban J connectivity index is 0.00000392. The molecule has 1 saturated heterocycles. The molecule has 11 heteroatoms. The molecule has 1 N–H and O–H groups in total. The first-order chi connectivity index (χ1) is 12.3. The third kappa shape index (κ3) is 6.38. The number of piperazine rings is 1. The average Bonchev–Trinajstić information content (AvgIpc) is 2.52. The van der Waals surface area contributed by atoms with Crippen LogP contribution in [-0.4, -0.2) is 60.8 Å². The number of carboxylic acid groups (broad SMARTS) is 1. The second-order valence-electron chi connectivity index (χ2n) is 7.55. The van der Waals surface area contributed by atoms with Crippen molar-refractivity contribution in [1.82, 2.24) is 4.90 Å². The number of ether oxygens (including phenoxy) is 1. The molecule has 1 aliphatic rings. The standard InChI is InChI=1S/C17H23BF3N2O4.K/c1-11-13(15(24)25)9-12(18(19,20)21)10-14(11)22-5-7-23(8-6-22)16(26)27-17(2,3)4;/h9-10H,5-8H2,1-4H3,(H,24,25);/q-1;+1. The molecule has 150 valence electrons. The normalized spacial score (nSPS) is 15.1. The second kappa shape index (κ2) is 9.38. The van der Waals surface area contributed by atoms with Gasteiger partial charge in [0.2, 0.25) is 0 Å². The molecule has 0 bridgehead atoms. The predicted molar refractivity (Wildman–Crippen MR) is 96.9 cm³/mol. The maximum Gasteiger partial charge on any atom is 1.00 e. The zero-order chi connectivity index (χ0) is 20.6. The van der Waals surface area contributed by atoms with Crippen LogP contribution in [0.4, 0.5) is 23.4 Å². The van der Waals surface area contributed by atoms with Gasteiger partial charge in [-0.1, -0.05) is 12.1 Å². The van der Waals surface area contributed by atoms with Crippen molar-refractivity contribution in [2.45, 2.75) is 33.3 Å². The molecule has 0 radical (unpaired) electrons. The van der Waals surface area contributed by atoms with Gasteiger partial charge in [0.15, 0.2) is 0 Å². The number of aromatic carboxylic acids is 1. The Morgan fingerprint density at radius 2 is 1.64 bits per heavy atom. The number of nitrogens with zero attached hydrogens (tertiary/aromatic N) is 2. The Bertz CT molecular complexity index is 745. The Morgan fingerprint density at radius 1 is 1.11 bits per heavy atom. The number of anilines is 1. The SMILES string of the molecule is Cc1c(C(=O)O)cc([B-](F)(F)F)cc1N1CCN(C(=O)OC(C)(C)C)CC1.[K+]. The topological polar surface area (TPSA) is 70.1 Å². The molecule has 2 rings (SSSR count). The number of rotatable bonds is 3. The van der Waals surface area contributed by atoms with Crippen LogP contribution in [0.3, 0.4) is 0 Å². The predicted octanol–water partition coefficient (Wildman–Crippen LogP) is -0.191. The summed E-state index contributed by atoms with van der Waals surface area (Å²) in [7, 11) is 0. The summed E-state index contributed by atoms with van der Waals surface area (Å²) >= 11 is 0. The molecule has 0 aliphatic carbocycles. The fourth-order valence-corrected chi connectivity index (χ4v) is 2.92. The number of hydrogen-bond acceptors (Lipinski definition) is 4. The van der Waals surface area contributed by atoms with Crippen molar-refractivity contribution in [3.63, 3.8) is 0 Å². The molecule has 0 aromatic heterocycles. The van der Waals surface area contributed by atoms with Gasteiger partial charge in [0.1, 0.15) is 5.60 Å². The molecule has 1 amide bonds. The van der Waals surface area contributed by atoms with Gasteiger partial charge in [-0.3, -0.25) is 0 Å². The Labute approximate surface area is 204 Å². The smallest absolute Gasteiger partial charge is 0.478 e. The van der Waals surface area contributed by atoms with Gasteiger partial charge in [0, 0.05) is 31.9 Å². The van der Waals surface area contributed by atoms with E-state index in [1.807, 2.05) is 0 Å². The fourth-order valence-electron chi connectivity index (χ4n) is 2.92. The summed E-state index contributed by atoms with van der Waals surface area (Å²) in [6.07, 6.45) is -0.475. The van der Waals surface area contributed by atoms with Gasteiger partial charge >= 0.3 is 70.4 Å². The van der Waals surface area contributed by atoms with Crippen LogP contribution >= 0.6 is 0 Å². The Hall–Kier alpha value is -0.749. The summed E-state index contributed by atoms with van der Waals surface area (Å²) in [5.41, 5.74) is -1.44. The van der Waals surface area contributed by atoms with Crippen LogP contribution in [-0.2, 0) is 4.74 Å². The van der Waals surface area contributed by atoms with E-state index in [1.54, 1.807) is 25.7 Å². The largest absolute Gasteiger partial charge is 1.00 e. The molecular weight excluding hydrogens is 403 g/mol. The molecule has 1 fully saturated rings. The van der Waals surface area contributed by atoms with E-state index in [0.29, 0.717) is 6.07 Å².